The van der Waals surface area contributed by atoms with E-state index < -0.39 is 0 Å². The Morgan fingerprint density at radius 3 is 2.72 bits per heavy atom. The van der Waals surface area contributed by atoms with Crippen LogP contribution in [0, 0.1) is 6.92 Å². The molecule has 4 aromatic heterocycles. The van der Waals surface area contributed by atoms with Gasteiger partial charge in [-0.1, -0.05) is 6.07 Å². The fraction of sp³-hybridized carbons (Fsp3) is 0.381. The van der Waals surface area contributed by atoms with Crippen LogP contribution in [0.1, 0.15) is 61.3 Å². The third kappa shape index (κ3) is 2.95. The monoisotopic (exact) mass is 389 g/mol. The van der Waals surface area contributed by atoms with E-state index in [4.69, 9.17) is 10.1 Å². The van der Waals surface area contributed by atoms with Crippen molar-refractivity contribution in [2.45, 2.75) is 52.0 Å². The van der Waals surface area contributed by atoms with Crippen LogP contribution >= 0.6 is 0 Å². The Bertz CT molecular complexity index is 1260. The molecule has 4 aromatic rings. The molecule has 0 spiro atoms. The fourth-order valence-corrected chi connectivity index (χ4v) is 3.64. The molecule has 1 amide bonds. The first-order valence-corrected chi connectivity index (χ1v) is 9.85. The molecule has 1 saturated carbocycles. The molecule has 8 heteroatoms. The molecule has 0 aliphatic heterocycles. The lowest BCUT2D eigenvalue weighted by Gasteiger charge is -2.20. The van der Waals surface area contributed by atoms with E-state index in [0.29, 0.717) is 23.1 Å². The minimum atomic E-state index is -0.237. The fourth-order valence-electron chi connectivity index (χ4n) is 3.64. The van der Waals surface area contributed by atoms with Gasteiger partial charge in [0.2, 0.25) is 5.95 Å². The van der Waals surface area contributed by atoms with Gasteiger partial charge in [-0.2, -0.15) is 5.10 Å². The number of anilines is 1. The number of aromatic nitrogens is 6. The lowest BCUT2D eigenvalue weighted by Crippen LogP contribution is -2.24. The lowest BCUT2D eigenvalue weighted by atomic mass is 10.1. The summed E-state index contributed by atoms with van der Waals surface area (Å²) in [6.45, 7) is 8.19. The zero-order valence-corrected chi connectivity index (χ0v) is 17.0. The van der Waals surface area contributed by atoms with E-state index in [1.165, 1.54) is 0 Å². The Balaban J connectivity index is 1.65. The average molecular weight is 389 g/mol. The molecule has 0 radical (unpaired) electrons. The van der Waals surface area contributed by atoms with Crippen molar-refractivity contribution < 1.29 is 4.79 Å². The van der Waals surface area contributed by atoms with Crippen LogP contribution in [0.25, 0.3) is 16.7 Å². The Hall–Kier alpha value is -3.29. The molecule has 148 valence electrons. The highest BCUT2D eigenvalue weighted by Gasteiger charge is 2.30. The van der Waals surface area contributed by atoms with Crippen molar-refractivity contribution in [3.63, 3.8) is 0 Å². The molecule has 4 heterocycles. The summed E-state index contributed by atoms with van der Waals surface area (Å²) in [5.41, 5.74) is 3.53. The van der Waals surface area contributed by atoms with Crippen LogP contribution in [0.15, 0.2) is 30.5 Å². The molecule has 8 nitrogen and oxygen atoms in total. The lowest BCUT2D eigenvalue weighted by molar-refractivity contribution is 0.102. The second kappa shape index (κ2) is 6.10. The van der Waals surface area contributed by atoms with Crippen molar-refractivity contribution in [2.24, 2.45) is 0 Å². The van der Waals surface area contributed by atoms with Crippen LogP contribution in [0.4, 0.5) is 5.95 Å². The Morgan fingerprint density at radius 2 is 2.00 bits per heavy atom. The largest absolute Gasteiger partial charge is 0.290 e. The standard InChI is InChI=1S/C21H23N7O/c1-12-17-14(19(29)23-20-25-24-16-7-5-6-10-27(16)20)11-15(13-8-9-13)22-18(17)28(26-12)21(2,3)4/h5-7,10-11,13H,8-9H2,1-4H3,(H,23,25,29). The van der Waals surface area contributed by atoms with Gasteiger partial charge in [-0.15, -0.1) is 10.2 Å². The van der Waals surface area contributed by atoms with Gasteiger partial charge in [-0.05, 0) is 58.7 Å². The molecule has 0 unspecified atom stereocenters. The molecule has 0 atom stereocenters. The zero-order chi connectivity index (χ0) is 20.3. The van der Waals surface area contributed by atoms with Crippen molar-refractivity contribution in [1.29, 1.82) is 0 Å². The van der Waals surface area contributed by atoms with Crippen molar-refractivity contribution in [3.8, 4) is 0 Å². The number of rotatable bonds is 3. The highest BCUT2D eigenvalue weighted by atomic mass is 16.1. The second-order valence-corrected chi connectivity index (χ2v) is 8.64. The number of nitrogens with zero attached hydrogens (tertiary/aromatic N) is 6. The normalized spacial score (nSPS) is 14.6. The smallest absolute Gasteiger partial charge is 0.258 e. The SMILES string of the molecule is Cc1nn(C(C)(C)C)c2nc(C3CC3)cc(C(=O)Nc3nnc4ccccn34)c12. The van der Waals surface area contributed by atoms with E-state index in [9.17, 15) is 4.79 Å². The van der Waals surface area contributed by atoms with Crippen molar-refractivity contribution in [1.82, 2.24) is 29.4 Å². The summed E-state index contributed by atoms with van der Waals surface area (Å²) in [6.07, 6.45) is 4.04. The first-order valence-electron chi connectivity index (χ1n) is 9.85. The molecule has 29 heavy (non-hydrogen) atoms. The predicted octanol–water partition coefficient (Wildman–Crippen LogP) is 3.67. The Morgan fingerprint density at radius 1 is 1.21 bits per heavy atom. The van der Waals surface area contributed by atoms with Crippen molar-refractivity contribution in [3.05, 3.63) is 47.4 Å². The Labute approximate surface area is 168 Å². The van der Waals surface area contributed by atoms with Crippen LogP contribution in [0.3, 0.4) is 0 Å². The second-order valence-electron chi connectivity index (χ2n) is 8.64. The van der Waals surface area contributed by atoms with Crippen molar-refractivity contribution in [2.75, 3.05) is 5.32 Å². The van der Waals surface area contributed by atoms with Crippen molar-refractivity contribution >= 4 is 28.5 Å². The zero-order valence-electron chi connectivity index (χ0n) is 17.0. The number of aryl methyl sites for hydroxylation is 1. The van der Waals surface area contributed by atoms with E-state index >= 15 is 0 Å². The van der Waals surface area contributed by atoms with E-state index in [2.05, 4.69) is 36.3 Å². The van der Waals surface area contributed by atoms with Gasteiger partial charge in [0.05, 0.1) is 22.2 Å². The minimum Gasteiger partial charge on any atom is -0.290 e. The number of pyridine rings is 2. The van der Waals surface area contributed by atoms with E-state index in [0.717, 1.165) is 35.3 Å². The number of hydrogen-bond acceptors (Lipinski definition) is 5. The topological polar surface area (TPSA) is 90.0 Å². The summed E-state index contributed by atoms with van der Waals surface area (Å²) in [6, 6.07) is 7.52. The van der Waals surface area contributed by atoms with Crippen LogP contribution in [-0.2, 0) is 5.54 Å². The van der Waals surface area contributed by atoms with Crippen LogP contribution < -0.4 is 5.32 Å². The van der Waals surface area contributed by atoms with E-state index in [-0.39, 0.29) is 11.4 Å². The summed E-state index contributed by atoms with van der Waals surface area (Å²) in [5.74, 6) is 0.585. The van der Waals surface area contributed by atoms with Gasteiger partial charge < -0.3 is 0 Å². The van der Waals surface area contributed by atoms with Crippen LogP contribution in [0.2, 0.25) is 0 Å². The molecule has 0 bridgehead atoms. The van der Waals surface area contributed by atoms with E-state index in [1.54, 1.807) is 4.40 Å². The van der Waals surface area contributed by atoms with Gasteiger partial charge in [0.15, 0.2) is 11.3 Å². The minimum absolute atomic E-state index is 0.228. The predicted molar refractivity (Wildman–Crippen MR) is 110 cm³/mol. The average Bonchev–Trinajstić information content (AvgIpc) is 3.38. The maximum absolute atomic E-state index is 13.3. The molecule has 1 fully saturated rings. The molecule has 0 saturated heterocycles. The number of carbonyl (C=O) groups excluding carboxylic acids is 1. The number of hydrogen-bond donors (Lipinski definition) is 1. The first kappa shape index (κ1) is 17.8. The van der Waals surface area contributed by atoms with E-state index in [1.807, 2.05) is 42.1 Å². The number of carbonyl (C=O) groups is 1. The molecule has 1 aliphatic carbocycles. The number of fused-ring (bicyclic) bond motifs is 2. The first-order chi connectivity index (χ1) is 13.8. The summed E-state index contributed by atoms with van der Waals surface area (Å²) in [4.78, 5) is 18.2. The summed E-state index contributed by atoms with van der Waals surface area (Å²) < 4.78 is 3.68. The summed E-state index contributed by atoms with van der Waals surface area (Å²) in [5, 5.41) is 16.7. The van der Waals surface area contributed by atoms with Gasteiger partial charge in [-0.3, -0.25) is 14.5 Å². The summed E-state index contributed by atoms with van der Waals surface area (Å²) >= 11 is 0. The van der Waals surface area contributed by atoms with Gasteiger partial charge in [0.25, 0.3) is 5.91 Å². The molecule has 1 aliphatic rings. The molecular weight excluding hydrogens is 366 g/mol. The maximum Gasteiger partial charge on any atom is 0.258 e. The van der Waals surface area contributed by atoms with Gasteiger partial charge in [0.1, 0.15) is 0 Å². The maximum atomic E-state index is 13.3. The van der Waals surface area contributed by atoms with Gasteiger partial charge >= 0.3 is 0 Å². The third-order valence-electron chi connectivity index (χ3n) is 5.25. The van der Waals surface area contributed by atoms with Gasteiger partial charge in [0, 0.05) is 17.8 Å². The summed E-state index contributed by atoms with van der Waals surface area (Å²) in [7, 11) is 0. The molecule has 1 N–H and O–H groups in total. The highest BCUT2D eigenvalue weighted by Crippen LogP contribution is 2.41. The quantitative estimate of drug-likeness (QED) is 0.577. The molecule has 5 rings (SSSR count). The van der Waals surface area contributed by atoms with Crippen LogP contribution in [-0.4, -0.2) is 35.3 Å². The highest BCUT2D eigenvalue weighted by molar-refractivity contribution is 6.12. The Kier molecular flexibility index (Phi) is 3.74. The molecular formula is C21H23N7O. The molecule has 0 aromatic carbocycles. The number of amides is 1. The van der Waals surface area contributed by atoms with Crippen LogP contribution in [0.5, 0.6) is 0 Å². The van der Waals surface area contributed by atoms with Gasteiger partial charge in [-0.25, -0.2) is 9.67 Å². The third-order valence-corrected chi connectivity index (χ3v) is 5.25. The number of nitrogens with one attached hydrogen (secondary N) is 1.